The number of aryl methyl sites for hydroxylation is 2. The highest BCUT2D eigenvalue weighted by molar-refractivity contribution is 6.12. The first-order valence-electron chi connectivity index (χ1n) is 13.7. The number of carbonyl (C=O) groups excluding carboxylic acids is 2. The number of amides is 1. The Balaban J connectivity index is 1.49. The van der Waals surface area contributed by atoms with E-state index in [9.17, 15) is 9.59 Å². The predicted octanol–water partition coefficient (Wildman–Crippen LogP) is 4.17. The van der Waals surface area contributed by atoms with Gasteiger partial charge in [0.2, 0.25) is 0 Å². The molecule has 0 radical (unpaired) electrons. The van der Waals surface area contributed by atoms with E-state index in [-0.39, 0.29) is 24.8 Å². The Morgan fingerprint density at radius 1 is 1.12 bits per heavy atom. The molecule has 0 aliphatic carbocycles. The fraction of sp³-hybridized carbons (Fsp3) is 0.323. The van der Waals surface area contributed by atoms with Crippen molar-refractivity contribution in [1.82, 2.24) is 9.55 Å². The number of hydrogen-bond donors (Lipinski definition) is 3. The Hall–Kier alpha value is -4.41. The number of fused-ring (bicyclic) bond motifs is 1. The number of ether oxygens (including phenoxy) is 3. The van der Waals surface area contributed by atoms with Gasteiger partial charge >= 0.3 is 5.97 Å². The number of nitrogens with zero attached hydrogens (tertiary/aromatic N) is 2. The van der Waals surface area contributed by atoms with Crippen LogP contribution in [0, 0.1) is 0 Å². The van der Waals surface area contributed by atoms with Gasteiger partial charge in [-0.05, 0) is 48.6 Å². The van der Waals surface area contributed by atoms with Gasteiger partial charge in [-0.25, -0.2) is 9.78 Å². The molecule has 214 valence electrons. The van der Waals surface area contributed by atoms with E-state index in [0.29, 0.717) is 60.7 Å². The first-order chi connectivity index (χ1) is 20.1. The predicted molar refractivity (Wildman–Crippen MR) is 155 cm³/mol. The zero-order valence-electron chi connectivity index (χ0n) is 23.0. The van der Waals surface area contributed by atoms with Crippen LogP contribution in [0.2, 0.25) is 0 Å². The highest BCUT2D eigenvalue weighted by Gasteiger charge is 2.30. The maximum Gasteiger partial charge on any atom is 0.356 e. The van der Waals surface area contributed by atoms with Gasteiger partial charge in [-0.3, -0.25) is 4.79 Å². The van der Waals surface area contributed by atoms with Crippen LogP contribution >= 0.6 is 0 Å². The molecule has 3 N–H and O–H groups in total. The minimum atomic E-state index is -0.571. The topological polar surface area (TPSA) is 124 Å². The molecule has 5 rings (SSSR count). The van der Waals surface area contributed by atoms with E-state index in [0.717, 1.165) is 17.5 Å². The lowest BCUT2D eigenvalue weighted by molar-refractivity contribution is -0.124. The molecule has 1 saturated heterocycles. The van der Waals surface area contributed by atoms with Crippen LogP contribution in [-0.4, -0.2) is 59.6 Å². The molecule has 3 heterocycles. The minimum Gasteiger partial charge on any atom is -0.491 e. The van der Waals surface area contributed by atoms with Crippen molar-refractivity contribution in [1.29, 1.82) is 0 Å². The van der Waals surface area contributed by atoms with Gasteiger partial charge in [0.25, 0.3) is 5.91 Å². The summed E-state index contributed by atoms with van der Waals surface area (Å²) in [7, 11) is 1.33. The molecule has 2 aromatic heterocycles. The zero-order chi connectivity index (χ0) is 28.6. The molecule has 1 aliphatic heterocycles. The Labute approximate surface area is 238 Å². The number of anilines is 2. The molecule has 0 spiro atoms. The number of benzene rings is 2. The van der Waals surface area contributed by atoms with Crippen LogP contribution < -0.4 is 15.4 Å². The lowest BCUT2D eigenvalue weighted by atomic mass is 10.1. The molecular formula is C31H34N4O6. The van der Waals surface area contributed by atoms with Crippen molar-refractivity contribution < 1.29 is 28.9 Å². The number of rotatable bonds is 12. The summed E-state index contributed by atoms with van der Waals surface area (Å²) in [5, 5.41) is 16.0. The molecule has 41 heavy (non-hydrogen) atoms. The molecule has 10 nitrogen and oxygen atoms in total. The maximum atomic E-state index is 13.2. The van der Waals surface area contributed by atoms with E-state index in [1.54, 1.807) is 6.20 Å². The third kappa shape index (κ3) is 6.67. The standard InChI is InChI=1S/C31H34N4O6/c1-39-31(38)28-27(34-30(37)26-11-6-15-41-26)25-18-23(32-19-22-9-5-10-24(17-22)40-16-14-36)20-33-29(25)35(28)13-12-21-7-3-2-4-8-21/h2-5,7-10,17-18,20,26,32,36H,6,11-16,19H2,1H3,(H,34,37)/t26-/m1/s1. The van der Waals surface area contributed by atoms with Crippen molar-refractivity contribution in [3.63, 3.8) is 0 Å². The first-order valence-corrected chi connectivity index (χ1v) is 13.7. The van der Waals surface area contributed by atoms with Crippen LogP contribution in [0.4, 0.5) is 11.4 Å². The zero-order valence-corrected chi connectivity index (χ0v) is 23.0. The van der Waals surface area contributed by atoms with Crippen LogP contribution in [0.5, 0.6) is 5.75 Å². The van der Waals surface area contributed by atoms with E-state index in [1.807, 2.05) is 65.2 Å². The van der Waals surface area contributed by atoms with E-state index in [2.05, 4.69) is 10.6 Å². The lowest BCUT2D eigenvalue weighted by Gasteiger charge is -2.13. The molecule has 1 amide bonds. The lowest BCUT2D eigenvalue weighted by Crippen LogP contribution is -2.28. The van der Waals surface area contributed by atoms with Gasteiger partial charge in [-0.15, -0.1) is 0 Å². The van der Waals surface area contributed by atoms with Gasteiger partial charge in [-0.1, -0.05) is 42.5 Å². The van der Waals surface area contributed by atoms with Gasteiger partial charge in [0, 0.05) is 25.1 Å². The second-order valence-electron chi connectivity index (χ2n) is 9.76. The van der Waals surface area contributed by atoms with Crippen molar-refractivity contribution in [2.45, 2.75) is 38.5 Å². The number of aromatic nitrogens is 2. The smallest absolute Gasteiger partial charge is 0.356 e. The van der Waals surface area contributed by atoms with Gasteiger partial charge in [0.05, 0.1) is 31.3 Å². The van der Waals surface area contributed by atoms with Gasteiger partial charge in [0.1, 0.15) is 24.1 Å². The summed E-state index contributed by atoms with van der Waals surface area (Å²) >= 11 is 0. The molecule has 10 heteroatoms. The van der Waals surface area contributed by atoms with Crippen molar-refractivity contribution >= 4 is 34.3 Å². The van der Waals surface area contributed by atoms with Crippen LogP contribution in [-0.2, 0) is 33.8 Å². The molecule has 0 saturated carbocycles. The SMILES string of the molecule is COC(=O)c1c(NC(=O)[C@H]2CCCO2)c2cc(NCc3cccc(OCCO)c3)cnc2n1CCc1ccccc1. The number of aliphatic hydroxyl groups excluding tert-OH is 1. The average molecular weight is 559 g/mol. The number of hydrogen-bond acceptors (Lipinski definition) is 8. The third-order valence-electron chi connectivity index (χ3n) is 6.97. The van der Waals surface area contributed by atoms with Gasteiger partial charge in [0.15, 0.2) is 5.69 Å². The van der Waals surface area contributed by atoms with Crippen LogP contribution in [0.15, 0.2) is 66.9 Å². The highest BCUT2D eigenvalue weighted by Crippen LogP contribution is 2.34. The van der Waals surface area contributed by atoms with E-state index >= 15 is 0 Å². The third-order valence-corrected chi connectivity index (χ3v) is 6.97. The van der Waals surface area contributed by atoms with Crippen LogP contribution in [0.3, 0.4) is 0 Å². The van der Waals surface area contributed by atoms with E-state index < -0.39 is 12.1 Å². The van der Waals surface area contributed by atoms with Crippen LogP contribution in [0.25, 0.3) is 11.0 Å². The Morgan fingerprint density at radius 3 is 2.71 bits per heavy atom. The molecule has 0 unspecified atom stereocenters. The van der Waals surface area contributed by atoms with E-state index in [4.69, 9.17) is 24.3 Å². The number of nitrogens with one attached hydrogen (secondary N) is 2. The quantitative estimate of drug-likeness (QED) is 0.222. The summed E-state index contributed by atoms with van der Waals surface area (Å²) in [4.78, 5) is 31.0. The van der Waals surface area contributed by atoms with Gasteiger partial charge in [-0.2, -0.15) is 0 Å². The summed E-state index contributed by atoms with van der Waals surface area (Å²) in [6.45, 7) is 1.64. The fourth-order valence-corrected chi connectivity index (χ4v) is 4.96. The van der Waals surface area contributed by atoms with Crippen molar-refractivity contribution in [2.24, 2.45) is 0 Å². The summed E-state index contributed by atoms with van der Waals surface area (Å²) in [5.41, 5.74) is 3.96. The Kier molecular flexibility index (Phi) is 9.12. The monoisotopic (exact) mass is 558 g/mol. The highest BCUT2D eigenvalue weighted by atomic mass is 16.5. The summed E-state index contributed by atoms with van der Waals surface area (Å²) < 4.78 is 18.1. The number of esters is 1. The molecule has 1 aliphatic rings. The largest absolute Gasteiger partial charge is 0.491 e. The average Bonchev–Trinajstić information content (AvgIpc) is 3.65. The van der Waals surface area contributed by atoms with Crippen molar-refractivity contribution in [3.8, 4) is 5.75 Å². The second-order valence-corrected chi connectivity index (χ2v) is 9.76. The number of aliphatic hydroxyl groups is 1. The first kappa shape index (κ1) is 28.1. The summed E-state index contributed by atoms with van der Waals surface area (Å²) in [6.07, 6.45) is 3.23. The summed E-state index contributed by atoms with van der Waals surface area (Å²) in [5.74, 6) is -0.190. The summed E-state index contributed by atoms with van der Waals surface area (Å²) in [6, 6.07) is 19.4. The Morgan fingerprint density at radius 2 is 1.95 bits per heavy atom. The Bertz CT molecular complexity index is 1500. The second kappa shape index (κ2) is 13.3. The minimum absolute atomic E-state index is 0.0571. The number of carbonyl (C=O) groups is 2. The molecule has 4 aromatic rings. The van der Waals surface area contributed by atoms with Crippen molar-refractivity contribution in [2.75, 3.05) is 37.6 Å². The fourth-order valence-electron chi connectivity index (χ4n) is 4.96. The molecule has 1 atom stereocenters. The molecule has 2 aromatic carbocycles. The number of methoxy groups -OCH3 is 1. The van der Waals surface area contributed by atoms with Crippen LogP contribution in [0.1, 0.15) is 34.5 Å². The van der Waals surface area contributed by atoms with Gasteiger partial charge < -0.3 is 34.5 Å². The molecular weight excluding hydrogens is 524 g/mol. The van der Waals surface area contributed by atoms with E-state index in [1.165, 1.54) is 7.11 Å². The maximum absolute atomic E-state index is 13.2. The molecule has 0 bridgehead atoms. The number of pyridine rings is 1. The normalized spacial score (nSPS) is 14.6. The van der Waals surface area contributed by atoms with Crippen molar-refractivity contribution in [3.05, 3.63) is 83.7 Å². The molecule has 1 fully saturated rings.